The average Bonchev–Trinajstić information content (AvgIpc) is 2.97. The minimum atomic E-state index is -0.324. The topological polar surface area (TPSA) is 29.6 Å². The van der Waals surface area contributed by atoms with Gasteiger partial charge in [0.15, 0.2) is 0 Å². The fourth-order valence-corrected chi connectivity index (χ4v) is 3.45. The van der Waals surface area contributed by atoms with E-state index >= 15 is 0 Å². The monoisotopic (exact) mass is 371 g/mol. The van der Waals surface area contributed by atoms with Crippen LogP contribution in [0.15, 0.2) is 64.0 Å². The lowest BCUT2D eigenvalue weighted by Crippen LogP contribution is -2.16. The highest BCUT2D eigenvalue weighted by molar-refractivity contribution is 7.07. The largest absolute Gasteiger partial charge is 0.255 e. The maximum Gasteiger partial charge on any atom is 0.206 e. The quantitative estimate of drug-likeness (QED) is 0.573. The maximum absolute atomic E-state index is 14.1. The van der Waals surface area contributed by atoms with Crippen molar-refractivity contribution in [3.05, 3.63) is 75.9 Å². The van der Waals surface area contributed by atoms with Crippen LogP contribution in [0.2, 0.25) is 0 Å². The number of rotatable bonds is 4. The fourth-order valence-electron chi connectivity index (χ4n) is 2.48. The number of hydrogen-bond acceptors (Lipinski definition) is 3. The van der Waals surface area contributed by atoms with Crippen LogP contribution < -0.4 is 4.80 Å². The summed E-state index contributed by atoms with van der Waals surface area (Å²) in [6.07, 6.45) is 0. The lowest BCUT2D eigenvalue weighted by Gasteiger charge is -2.07. The van der Waals surface area contributed by atoms with Crippen molar-refractivity contribution < 1.29 is 8.78 Å². The standard InChI is InChI=1S/C20H19F2N3S/c1-13(2)23-20-25(24-14(3)17-6-4-5-7-18(17)22)19(12-26-20)15-8-10-16(21)11-9-15/h4-13H,1-3H3. The zero-order valence-corrected chi connectivity index (χ0v) is 15.6. The highest BCUT2D eigenvalue weighted by Crippen LogP contribution is 2.21. The van der Waals surface area contributed by atoms with Crippen molar-refractivity contribution >= 4 is 17.0 Å². The summed E-state index contributed by atoms with van der Waals surface area (Å²) in [5.41, 5.74) is 2.57. The first-order chi connectivity index (χ1) is 12.5. The first kappa shape index (κ1) is 18.2. The lowest BCUT2D eigenvalue weighted by atomic mass is 10.1. The second-order valence-electron chi connectivity index (χ2n) is 6.11. The molecular formula is C20H19F2N3S. The summed E-state index contributed by atoms with van der Waals surface area (Å²) in [7, 11) is 0. The second kappa shape index (κ2) is 7.74. The SMILES string of the molecule is CC(=Nn1c(-c2ccc(F)cc2)csc1=NC(C)C)c1ccccc1F. The summed E-state index contributed by atoms with van der Waals surface area (Å²) in [5, 5.41) is 6.54. The molecule has 26 heavy (non-hydrogen) atoms. The summed E-state index contributed by atoms with van der Waals surface area (Å²) in [6.45, 7) is 5.72. The Balaban J connectivity index is 2.18. The van der Waals surface area contributed by atoms with E-state index in [1.54, 1.807) is 41.9 Å². The molecule has 0 aliphatic carbocycles. The molecule has 0 fully saturated rings. The molecule has 0 unspecified atom stereocenters. The van der Waals surface area contributed by atoms with Crippen LogP contribution >= 0.6 is 11.3 Å². The molecule has 1 aromatic heterocycles. The Morgan fingerprint density at radius 2 is 1.73 bits per heavy atom. The predicted molar refractivity (Wildman–Crippen MR) is 102 cm³/mol. The number of halogens is 2. The van der Waals surface area contributed by atoms with Crippen molar-refractivity contribution in [2.24, 2.45) is 10.1 Å². The number of benzene rings is 2. The van der Waals surface area contributed by atoms with E-state index in [9.17, 15) is 8.78 Å². The van der Waals surface area contributed by atoms with E-state index in [0.717, 1.165) is 11.3 Å². The van der Waals surface area contributed by atoms with Crippen molar-refractivity contribution in [2.45, 2.75) is 26.8 Å². The van der Waals surface area contributed by atoms with E-state index in [1.165, 1.54) is 29.5 Å². The Morgan fingerprint density at radius 3 is 2.38 bits per heavy atom. The van der Waals surface area contributed by atoms with Crippen LogP contribution in [0.25, 0.3) is 11.3 Å². The van der Waals surface area contributed by atoms with Gasteiger partial charge < -0.3 is 0 Å². The van der Waals surface area contributed by atoms with Gasteiger partial charge in [0.1, 0.15) is 11.6 Å². The summed E-state index contributed by atoms with van der Waals surface area (Å²) < 4.78 is 29.1. The molecule has 3 rings (SSSR count). The Morgan fingerprint density at radius 1 is 1.04 bits per heavy atom. The molecule has 0 radical (unpaired) electrons. The van der Waals surface area contributed by atoms with E-state index in [1.807, 2.05) is 19.2 Å². The van der Waals surface area contributed by atoms with Gasteiger partial charge in [-0.25, -0.2) is 13.5 Å². The Labute approximate surface area is 155 Å². The highest BCUT2D eigenvalue weighted by Gasteiger charge is 2.11. The maximum atomic E-state index is 14.1. The minimum Gasteiger partial charge on any atom is -0.255 e. The van der Waals surface area contributed by atoms with Gasteiger partial charge in [0.05, 0.1) is 11.4 Å². The fraction of sp³-hybridized carbons (Fsp3) is 0.200. The van der Waals surface area contributed by atoms with Gasteiger partial charge in [0.25, 0.3) is 0 Å². The van der Waals surface area contributed by atoms with Crippen LogP contribution in [0.1, 0.15) is 26.3 Å². The molecular weight excluding hydrogens is 352 g/mol. The van der Waals surface area contributed by atoms with Crippen molar-refractivity contribution in [3.63, 3.8) is 0 Å². The summed E-state index contributed by atoms with van der Waals surface area (Å²) in [4.78, 5) is 5.30. The molecule has 0 aliphatic rings. The zero-order chi connectivity index (χ0) is 18.7. The Kier molecular flexibility index (Phi) is 5.42. The summed E-state index contributed by atoms with van der Waals surface area (Å²) in [6, 6.07) is 12.8. The van der Waals surface area contributed by atoms with Gasteiger partial charge in [-0.3, -0.25) is 4.99 Å². The third kappa shape index (κ3) is 3.96. The van der Waals surface area contributed by atoms with Gasteiger partial charge in [-0.15, -0.1) is 11.3 Å². The average molecular weight is 371 g/mol. The Hall–Kier alpha value is -2.60. The van der Waals surface area contributed by atoms with Gasteiger partial charge in [0.2, 0.25) is 4.80 Å². The van der Waals surface area contributed by atoms with Crippen molar-refractivity contribution in [1.82, 2.24) is 4.68 Å². The van der Waals surface area contributed by atoms with E-state index < -0.39 is 0 Å². The van der Waals surface area contributed by atoms with E-state index in [0.29, 0.717) is 16.1 Å². The predicted octanol–water partition coefficient (Wildman–Crippen LogP) is 5.08. The molecule has 0 saturated carbocycles. The van der Waals surface area contributed by atoms with Crippen molar-refractivity contribution in [2.75, 3.05) is 0 Å². The number of hydrogen-bond donors (Lipinski definition) is 0. The van der Waals surface area contributed by atoms with Crippen LogP contribution in [0, 0.1) is 11.6 Å². The van der Waals surface area contributed by atoms with Gasteiger partial charge >= 0.3 is 0 Å². The molecule has 0 bridgehead atoms. The minimum absolute atomic E-state index is 0.0879. The molecule has 2 aromatic carbocycles. The smallest absolute Gasteiger partial charge is 0.206 e. The molecule has 0 saturated heterocycles. The van der Waals surface area contributed by atoms with Gasteiger partial charge in [-0.1, -0.05) is 18.2 Å². The summed E-state index contributed by atoms with van der Waals surface area (Å²) in [5.74, 6) is -0.621. The van der Waals surface area contributed by atoms with E-state index in [4.69, 9.17) is 0 Å². The van der Waals surface area contributed by atoms with Crippen LogP contribution in [0.4, 0.5) is 8.78 Å². The molecule has 6 heteroatoms. The second-order valence-corrected chi connectivity index (χ2v) is 6.95. The molecule has 0 amide bonds. The van der Waals surface area contributed by atoms with E-state index in [2.05, 4.69) is 10.1 Å². The highest BCUT2D eigenvalue weighted by atomic mass is 32.1. The van der Waals surface area contributed by atoms with Crippen LogP contribution in [-0.4, -0.2) is 16.4 Å². The Bertz CT molecular complexity index is 998. The number of aromatic nitrogens is 1. The van der Waals surface area contributed by atoms with Crippen LogP contribution in [-0.2, 0) is 0 Å². The molecule has 134 valence electrons. The number of nitrogens with zero attached hydrogens (tertiary/aromatic N) is 3. The van der Waals surface area contributed by atoms with Crippen LogP contribution in [0.5, 0.6) is 0 Å². The third-order valence-electron chi connectivity index (χ3n) is 3.71. The molecule has 3 aromatic rings. The number of thiazole rings is 1. The molecule has 0 spiro atoms. The summed E-state index contributed by atoms with van der Waals surface area (Å²) >= 11 is 1.45. The first-order valence-electron chi connectivity index (χ1n) is 8.26. The normalized spacial score (nSPS) is 12.8. The van der Waals surface area contributed by atoms with Crippen molar-refractivity contribution in [3.8, 4) is 11.3 Å². The molecule has 3 nitrogen and oxygen atoms in total. The molecule has 1 heterocycles. The molecule has 0 atom stereocenters. The zero-order valence-electron chi connectivity index (χ0n) is 14.8. The van der Waals surface area contributed by atoms with Gasteiger partial charge in [-0.2, -0.15) is 5.10 Å². The third-order valence-corrected chi connectivity index (χ3v) is 4.54. The van der Waals surface area contributed by atoms with Crippen molar-refractivity contribution in [1.29, 1.82) is 0 Å². The first-order valence-corrected chi connectivity index (χ1v) is 9.14. The molecule has 0 N–H and O–H groups in total. The van der Waals surface area contributed by atoms with E-state index in [-0.39, 0.29) is 17.7 Å². The van der Waals surface area contributed by atoms with Gasteiger partial charge in [0, 0.05) is 22.5 Å². The lowest BCUT2D eigenvalue weighted by molar-refractivity contribution is 0.624. The molecule has 0 aliphatic heterocycles. The van der Waals surface area contributed by atoms with Crippen LogP contribution in [0.3, 0.4) is 0 Å². The van der Waals surface area contributed by atoms with Gasteiger partial charge in [-0.05, 0) is 51.1 Å².